The monoisotopic (exact) mass is 751 g/mol. The molecule has 0 saturated carbocycles. The predicted octanol–water partition coefficient (Wildman–Crippen LogP) is 4.14. The van der Waals surface area contributed by atoms with E-state index in [2.05, 4.69) is 27.3 Å². The number of unbranched alkanes of at least 4 members (excludes halogenated alkanes) is 2. The third kappa shape index (κ3) is 14.4. The Bertz CT molecular complexity index is 1580. The first-order chi connectivity index (χ1) is 24.2. The first-order valence-electron chi connectivity index (χ1n) is 17.6. The number of hydrogen-bond donors (Lipinski definition) is 5. The molecule has 0 aliphatic carbocycles. The maximum atomic E-state index is 13.5. The second kappa shape index (κ2) is 19.5. The number of hydrogen-bond acceptors (Lipinski definition) is 11. The van der Waals surface area contributed by atoms with Crippen LogP contribution in [-0.4, -0.2) is 81.9 Å². The van der Waals surface area contributed by atoms with Crippen molar-refractivity contribution in [1.82, 2.24) is 20.7 Å². The largest absolute Gasteiger partial charge is 0.487 e. The van der Waals surface area contributed by atoms with Crippen LogP contribution in [0.4, 0.5) is 4.79 Å². The van der Waals surface area contributed by atoms with Gasteiger partial charge < -0.3 is 34.9 Å². The van der Waals surface area contributed by atoms with Crippen molar-refractivity contribution >= 4 is 39.9 Å². The molecule has 1 aliphatic heterocycles. The minimum absolute atomic E-state index is 0.0790. The summed E-state index contributed by atoms with van der Waals surface area (Å²) in [6.45, 7) is 18.1. The van der Waals surface area contributed by atoms with E-state index in [1.54, 1.807) is 34.6 Å². The van der Waals surface area contributed by atoms with E-state index in [9.17, 15) is 27.6 Å². The van der Waals surface area contributed by atoms with Gasteiger partial charge in [-0.25, -0.2) is 27.5 Å². The van der Waals surface area contributed by atoms with Crippen molar-refractivity contribution in [2.45, 2.75) is 129 Å². The molecule has 2 amide bonds. The summed E-state index contributed by atoms with van der Waals surface area (Å²) in [4.78, 5) is 48.5. The van der Waals surface area contributed by atoms with Crippen molar-refractivity contribution in [3.8, 4) is 5.75 Å². The van der Waals surface area contributed by atoms with E-state index in [1.165, 1.54) is 0 Å². The van der Waals surface area contributed by atoms with Gasteiger partial charge in [-0.15, -0.1) is 0 Å². The number of amides is 2. The van der Waals surface area contributed by atoms with Crippen LogP contribution in [0, 0.1) is 26.2 Å². The molecule has 1 heterocycles. The van der Waals surface area contributed by atoms with Gasteiger partial charge in [0.2, 0.25) is 11.9 Å². The first-order valence-corrected chi connectivity index (χ1v) is 19.0. The van der Waals surface area contributed by atoms with Crippen LogP contribution < -0.4 is 25.4 Å². The topological polar surface area (TPSA) is 211 Å². The molecule has 0 fully saturated rings. The molecule has 1 aromatic rings. The van der Waals surface area contributed by atoms with E-state index in [4.69, 9.17) is 24.4 Å². The number of rotatable bonds is 18. The van der Waals surface area contributed by atoms with Crippen molar-refractivity contribution in [2.75, 3.05) is 26.3 Å². The van der Waals surface area contributed by atoms with Crippen molar-refractivity contribution < 1.29 is 46.5 Å². The van der Waals surface area contributed by atoms with Gasteiger partial charge in [-0.2, -0.15) is 0 Å². The van der Waals surface area contributed by atoms with E-state index < -0.39 is 45.7 Å². The third-order valence-corrected chi connectivity index (χ3v) is 9.87. The summed E-state index contributed by atoms with van der Waals surface area (Å²) in [6.07, 6.45) is 4.15. The van der Waals surface area contributed by atoms with Crippen LogP contribution in [0.15, 0.2) is 17.6 Å². The Morgan fingerprint density at radius 2 is 1.62 bits per heavy atom. The third-order valence-electron chi connectivity index (χ3n) is 8.25. The highest BCUT2D eigenvalue weighted by molar-refractivity contribution is 7.90. The number of sulfonamides is 1. The number of alkyl carbamates (subject to hydrolysis) is 1. The van der Waals surface area contributed by atoms with Crippen molar-refractivity contribution in [1.29, 1.82) is 5.41 Å². The molecule has 1 aromatic carbocycles. The zero-order valence-corrected chi connectivity index (χ0v) is 32.7. The second-order valence-electron chi connectivity index (χ2n) is 14.3. The SMILES string of the molecule is C=CC(=O)OCCOC(=O)NCCCCCC(=O)N[C@@H](CCCNC(=N)NS(=O)(=O)c1c(C)c(C)c2c(c1C)CCC(C)(C)O2)C(=O)OC(C)(C)C. The molecule has 0 bridgehead atoms. The number of carbonyl (C=O) groups is 4. The van der Waals surface area contributed by atoms with Crippen LogP contribution in [0.5, 0.6) is 5.75 Å². The molecule has 0 unspecified atom stereocenters. The first kappa shape index (κ1) is 43.8. The van der Waals surface area contributed by atoms with E-state index >= 15 is 0 Å². The number of fused-ring (bicyclic) bond motifs is 1. The van der Waals surface area contributed by atoms with Crippen molar-refractivity contribution in [3.05, 3.63) is 34.9 Å². The molecular formula is C36H57N5O10S. The molecule has 15 nitrogen and oxygen atoms in total. The highest BCUT2D eigenvalue weighted by Gasteiger charge is 2.34. The van der Waals surface area contributed by atoms with Crippen molar-refractivity contribution in [2.24, 2.45) is 0 Å². The number of guanidine groups is 1. The fraction of sp³-hybridized carbons (Fsp3) is 0.639. The molecule has 292 valence electrons. The zero-order chi connectivity index (χ0) is 39.3. The Labute approximate surface area is 307 Å². The number of ether oxygens (including phenoxy) is 4. The predicted molar refractivity (Wildman–Crippen MR) is 196 cm³/mol. The summed E-state index contributed by atoms with van der Waals surface area (Å²) in [5.74, 6) is -1.24. The molecular weight excluding hydrogens is 694 g/mol. The minimum Gasteiger partial charge on any atom is -0.487 e. The van der Waals surface area contributed by atoms with Crippen LogP contribution in [0.2, 0.25) is 0 Å². The van der Waals surface area contributed by atoms with E-state index in [-0.39, 0.29) is 49.0 Å². The second-order valence-corrected chi connectivity index (χ2v) is 15.9. The molecule has 0 aromatic heterocycles. The van der Waals surface area contributed by atoms with Gasteiger partial charge in [0.25, 0.3) is 10.0 Å². The molecule has 0 spiro atoms. The maximum Gasteiger partial charge on any atom is 0.407 e. The van der Waals surface area contributed by atoms with Crippen LogP contribution in [0.3, 0.4) is 0 Å². The van der Waals surface area contributed by atoms with Gasteiger partial charge in [-0.3, -0.25) is 10.2 Å². The Morgan fingerprint density at radius 3 is 2.27 bits per heavy atom. The number of benzene rings is 1. The lowest BCUT2D eigenvalue weighted by atomic mass is 9.88. The van der Waals surface area contributed by atoms with Gasteiger partial charge in [0.15, 0.2) is 0 Å². The minimum atomic E-state index is -4.10. The molecule has 2 rings (SSSR count). The van der Waals surface area contributed by atoms with Gasteiger partial charge in [-0.05, 0) is 116 Å². The fourth-order valence-corrected chi connectivity index (χ4v) is 7.07. The summed E-state index contributed by atoms with van der Waals surface area (Å²) >= 11 is 0. The smallest absolute Gasteiger partial charge is 0.407 e. The van der Waals surface area contributed by atoms with Crippen LogP contribution >= 0.6 is 0 Å². The lowest BCUT2D eigenvalue weighted by Crippen LogP contribution is -2.45. The molecule has 5 N–H and O–H groups in total. The quantitative estimate of drug-likeness (QED) is 0.0359. The van der Waals surface area contributed by atoms with Gasteiger partial charge in [0, 0.05) is 25.6 Å². The van der Waals surface area contributed by atoms with Crippen LogP contribution in [0.1, 0.15) is 102 Å². The summed E-state index contributed by atoms with van der Waals surface area (Å²) < 4.78 is 50.7. The Kier molecular flexibility index (Phi) is 16.4. The van der Waals surface area contributed by atoms with E-state index in [0.29, 0.717) is 49.8 Å². The lowest BCUT2D eigenvalue weighted by Gasteiger charge is -2.35. The summed E-state index contributed by atoms with van der Waals surface area (Å²) in [7, 11) is -4.10. The standard InChI is InChI=1S/C36H57N5O10S/c1-10-29(43)48-21-22-49-34(45)39-19-13-11-12-16-28(42)40-27(32(44)51-35(5,6)7)15-14-20-38-33(37)41-52(46,47)31-24(3)23(2)30-26(25(31)4)17-18-36(8,9)50-30/h10,27H,1,11-22H2,2-9H3,(H,39,45)(H,40,42)(H3,37,38,41)/t27-/m0/s1. The lowest BCUT2D eigenvalue weighted by molar-refractivity contribution is -0.158. The summed E-state index contributed by atoms with van der Waals surface area (Å²) in [5, 5.41) is 16.4. The summed E-state index contributed by atoms with van der Waals surface area (Å²) in [6, 6.07) is -0.947. The van der Waals surface area contributed by atoms with E-state index in [1.807, 2.05) is 20.8 Å². The van der Waals surface area contributed by atoms with Crippen molar-refractivity contribution in [3.63, 3.8) is 0 Å². The normalized spacial score (nSPS) is 14.1. The Hall–Kier alpha value is -4.34. The Balaban J connectivity index is 1.85. The molecule has 1 aliphatic rings. The van der Waals surface area contributed by atoms with Crippen LogP contribution in [0.25, 0.3) is 0 Å². The van der Waals surface area contributed by atoms with Gasteiger partial charge in [-0.1, -0.05) is 13.0 Å². The van der Waals surface area contributed by atoms with E-state index in [0.717, 1.165) is 29.4 Å². The number of esters is 2. The zero-order valence-electron chi connectivity index (χ0n) is 31.8. The molecule has 52 heavy (non-hydrogen) atoms. The van der Waals surface area contributed by atoms with Gasteiger partial charge in [0.1, 0.15) is 36.2 Å². The van der Waals surface area contributed by atoms with Gasteiger partial charge in [0.05, 0.1) is 4.90 Å². The number of nitrogens with one attached hydrogen (secondary N) is 5. The fourth-order valence-electron chi connectivity index (χ4n) is 5.54. The highest BCUT2D eigenvalue weighted by atomic mass is 32.2. The van der Waals surface area contributed by atoms with Gasteiger partial charge >= 0.3 is 18.0 Å². The molecule has 16 heteroatoms. The molecule has 0 radical (unpaired) electrons. The molecule has 0 saturated heterocycles. The molecule has 1 atom stereocenters. The average molecular weight is 752 g/mol. The Morgan fingerprint density at radius 1 is 0.962 bits per heavy atom. The highest BCUT2D eigenvalue weighted by Crippen LogP contribution is 2.42. The summed E-state index contributed by atoms with van der Waals surface area (Å²) in [5.41, 5.74) is 1.64. The average Bonchev–Trinajstić information content (AvgIpc) is 3.03. The maximum absolute atomic E-state index is 13.5. The number of carbonyl (C=O) groups excluding carboxylic acids is 4. The van der Waals surface area contributed by atoms with Crippen LogP contribution in [-0.2, 0) is 45.0 Å².